The lowest BCUT2D eigenvalue weighted by Gasteiger charge is -2.43. The van der Waals surface area contributed by atoms with E-state index in [-0.39, 0.29) is 17.9 Å². The Kier molecular flexibility index (Phi) is 6.27. The van der Waals surface area contributed by atoms with Gasteiger partial charge in [0.05, 0.1) is 6.04 Å². The van der Waals surface area contributed by atoms with E-state index in [4.69, 9.17) is 5.73 Å². The maximum absolute atomic E-state index is 12.6. The Morgan fingerprint density at radius 3 is 2.16 bits per heavy atom. The minimum absolute atomic E-state index is 0.122. The van der Waals surface area contributed by atoms with E-state index in [2.05, 4.69) is 25.9 Å². The van der Waals surface area contributed by atoms with Gasteiger partial charge >= 0.3 is 0 Å². The molecule has 19 heavy (non-hydrogen) atoms. The van der Waals surface area contributed by atoms with Crippen LogP contribution in [0.4, 0.5) is 0 Å². The minimum Gasteiger partial charge on any atom is -0.337 e. The summed E-state index contributed by atoms with van der Waals surface area (Å²) < 4.78 is 0. The number of carbonyl (C=O) groups is 1. The van der Waals surface area contributed by atoms with Crippen molar-refractivity contribution in [2.24, 2.45) is 11.7 Å². The molecule has 112 valence electrons. The van der Waals surface area contributed by atoms with E-state index in [1.54, 1.807) is 0 Å². The first kappa shape index (κ1) is 16.4. The molecule has 4 heteroatoms. The minimum atomic E-state index is -0.371. The number of carbonyl (C=O) groups excluding carboxylic acids is 1. The zero-order valence-corrected chi connectivity index (χ0v) is 13.2. The summed E-state index contributed by atoms with van der Waals surface area (Å²) >= 11 is 0. The lowest BCUT2D eigenvalue weighted by atomic mass is 9.87. The van der Waals surface area contributed by atoms with Gasteiger partial charge in [0.15, 0.2) is 0 Å². The summed E-state index contributed by atoms with van der Waals surface area (Å²) in [7, 11) is 4.23. The molecular weight excluding hydrogens is 238 g/mol. The maximum atomic E-state index is 12.6. The Morgan fingerprint density at radius 1 is 1.21 bits per heavy atom. The average Bonchev–Trinajstić information content (AvgIpc) is 2.38. The highest BCUT2D eigenvalue weighted by Crippen LogP contribution is 2.26. The van der Waals surface area contributed by atoms with Crippen molar-refractivity contribution < 1.29 is 4.79 Å². The Balaban J connectivity index is 2.84. The van der Waals surface area contributed by atoms with Gasteiger partial charge in [-0.3, -0.25) is 4.79 Å². The van der Waals surface area contributed by atoms with Crippen LogP contribution in [0, 0.1) is 5.92 Å². The van der Waals surface area contributed by atoms with Crippen LogP contribution in [-0.4, -0.2) is 54.5 Å². The van der Waals surface area contributed by atoms with Crippen molar-refractivity contribution in [2.45, 2.75) is 64.6 Å². The van der Waals surface area contributed by atoms with E-state index in [0.717, 1.165) is 13.0 Å². The summed E-state index contributed by atoms with van der Waals surface area (Å²) in [5.41, 5.74) is 6.06. The molecule has 2 N–H and O–H groups in total. The van der Waals surface area contributed by atoms with Gasteiger partial charge in [0, 0.05) is 18.6 Å². The lowest BCUT2D eigenvalue weighted by Crippen LogP contribution is -2.57. The first-order valence-electron chi connectivity index (χ1n) is 7.62. The van der Waals surface area contributed by atoms with Crippen molar-refractivity contribution in [3.8, 4) is 0 Å². The molecule has 0 aromatic carbocycles. The summed E-state index contributed by atoms with van der Waals surface area (Å²) in [5, 5.41) is 0. The van der Waals surface area contributed by atoms with E-state index in [9.17, 15) is 4.79 Å². The largest absolute Gasteiger partial charge is 0.337 e. The summed E-state index contributed by atoms with van der Waals surface area (Å²) in [5.74, 6) is 0.319. The molecule has 3 atom stereocenters. The van der Waals surface area contributed by atoms with Crippen molar-refractivity contribution >= 4 is 5.91 Å². The first-order valence-corrected chi connectivity index (χ1v) is 7.62. The predicted octanol–water partition coefficient (Wildman–Crippen LogP) is 1.69. The van der Waals surface area contributed by atoms with Gasteiger partial charge in [0.1, 0.15) is 0 Å². The number of nitrogens with two attached hydrogens (primary N) is 1. The molecule has 0 aliphatic heterocycles. The SMILES string of the molecule is CCN(C(=O)C(N)C(C)C)C1CCCCC1N(C)C. The molecule has 0 aromatic rings. The van der Waals surface area contributed by atoms with Crippen LogP contribution in [0.5, 0.6) is 0 Å². The Hall–Kier alpha value is -0.610. The maximum Gasteiger partial charge on any atom is 0.240 e. The van der Waals surface area contributed by atoms with E-state index in [0.29, 0.717) is 12.1 Å². The molecule has 3 unspecified atom stereocenters. The second-order valence-electron chi connectivity index (χ2n) is 6.28. The predicted molar refractivity (Wildman–Crippen MR) is 79.9 cm³/mol. The quantitative estimate of drug-likeness (QED) is 0.826. The third-order valence-corrected chi connectivity index (χ3v) is 4.38. The molecule has 1 saturated carbocycles. The van der Waals surface area contributed by atoms with E-state index in [1.807, 2.05) is 18.7 Å². The summed E-state index contributed by atoms with van der Waals surface area (Å²) in [6.07, 6.45) is 4.77. The molecule has 1 aliphatic rings. The van der Waals surface area contributed by atoms with Gasteiger partial charge in [-0.25, -0.2) is 0 Å². The third kappa shape index (κ3) is 3.93. The molecule has 0 aromatic heterocycles. The first-order chi connectivity index (χ1) is 8.90. The molecule has 1 amide bonds. The molecular formula is C15H31N3O. The van der Waals surface area contributed by atoms with Crippen molar-refractivity contribution in [1.82, 2.24) is 9.80 Å². The summed E-state index contributed by atoms with van der Waals surface area (Å²) in [4.78, 5) is 16.9. The fraction of sp³-hybridized carbons (Fsp3) is 0.933. The van der Waals surface area contributed by atoms with Gasteiger partial charge in [0.25, 0.3) is 0 Å². The summed E-state index contributed by atoms with van der Waals surface area (Å²) in [6, 6.07) is 0.424. The number of amides is 1. The highest BCUT2D eigenvalue weighted by atomic mass is 16.2. The fourth-order valence-corrected chi connectivity index (χ4v) is 3.09. The van der Waals surface area contributed by atoms with Gasteiger partial charge in [0.2, 0.25) is 5.91 Å². The summed E-state index contributed by atoms with van der Waals surface area (Å²) in [6.45, 7) is 6.85. The normalized spacial score (nSPS) is 25.7. The number of rotatable bonds is 5. The monoisotopic (exact) mass is 269 g/mol. The van der Waals surface area contributed by atoms with Gasteiger partial charge < -0.3 is 15.5 Å². The van der Waals surface area contributed by atoms with Crippen molar-refractivity contribution in [3.05, 3.63) is 0 Å². The van der Waals surface area contributed by atoms with Gasteiger partial charge in [-0.15, -0.1) is 0 Å². The fourth-order valence-electron chi connectivity index (χ4n) is 3.09. The molecule has 0 radical (unpaired) electrons. The van der Waals surface area contributed by atoms with E-state index in [1.165, 1.54) is 19.3 Å². The number of hydrogen-bond acceptors (Lipinski definition) is 3. The number of hydrogen-bond donors (Lipinski definition) is 1. The Labute approximate surface area is 118 Å². The van der Waals surface area contributed by atoms with Gasteiger partial charge in [-0.2, -0.15) is 0 Å². The van der Waals surface area contributed by atoms with Crippen LogP contribution in [-0.2, 0) is 4.79 Å². The zero-order valence-electron chi connectivity index (χ0n) is 13.2. The molecule has 0 spiro atoms. The lowest BCUT2D eigenvalue weighted by molar-refractivity contribution is -0.137. The van der Waals surface area contributed by atoms with Crippen LogP contribution >= 0.6 is 0 Å². The molecule has 0 saturated heterocycles. The van der Waals surface area contributed by atoms with Crippen LogP contribution in [0.3, 0.4) is 0 Å². The van der Waals surface area contributed by atoms with Crippen molar-refractivity contribution in [1.29, 1.82) is 0 Å². The Morgan fingerprint density at radius 2 is 1.74 bits per heavy atom. The topological polar surface area (TPSA) is 49.6 Å². The second-order valence-corrected chi connectivity index (χ2v) is 6.28. The van der Waals surface area contributed by atoms with E-state index >= 15 is 0 Å². The highest BCUT2D eigenvalue weighted by Gasteiger charge is 2.35. The molecule has 0 bridgehead atoms. The van der Waals surface area contributed by atoms with E-state index < -0.39 is 0 Å². The van der Waals surface area contributed by atoms with Crippen LogP contribution in [0.25, 0.3) is 0 Å². The van der Waals surface area contributed by atoms with Crippen LogP contribution in [0.15, 0.2) is 0 Å². The van der Waals surface area contributed by atoms with Gasteiger partial charge in [-0.1, -0.05) is 26.7 Å². The molecule has 1 aliphatic carbocycles. The number of likely N-dealkylation sites (N-methyl/N-ethyl adjacent to an activating group) is 2. The Bertz CT molecular complexity index is 291. The second kappa shape index (κ2) is 7.25. The van der Waals surface area contributed by atoms with Crippen LogP contribution < -0.4 is 5.73 Å². The van der Waals surface area contributed by atoms with Crippen molar-refractivity contribution in [2.75, 3.05) is 20.6 Å². The third-order valence-electron chi connectivity index (χ3n) is 4.38. The molecule has 4 nitrogen and oxygen atoms in total. The molecule has 0 heterocycles. The van der Waals surface area contributed by atoms with Crippen LogP contribution in [0.2, 0.25) is 0 Å². The van der Waals surface area contributed by atoms with Gasteiger partial charge in [-0.05, 0) is 39.8 Å². The van der Waals surface area contributed by atoms with Crippen molar-refractivity contribution in [3.63, 3.8) is 0 Å². The zero-order chi connectivity index (χ0) is 14.6. The number of nitrogens with zero attached hydrogens (tertiary/aromatic N) is 2. The standard InChI is InChI=1S/C15H31N3O/c1-6-18(15(19)14(16)11(2)3)13-10-8-7-9-12(13)17(4)5/h11-14H,6-10,16H2,1-5H3. The average molecular weight is 269 g/mol. The smallest absolute Gasteiger partial charge is 0.240 e. The molecule has 1 rings (SSSR count). The highest BCUT2D eigenvalue weighted by molar-refractivity contribution is 5.82. The van der Waals surface area contributed by atoms with Crippen LogP contribution in [0.1, 0.15) is 46.5 Å². The molecule has 1 fully saturated rings.